The predicted octanol–water partition coefficient (Wildman–Crippen LogP) is 2.01. The van der Waals surface area contributed by atoms with Gasteiger partial charge >= 0.3 is 0 Å². The summed E-state index contributed by atoms with van der Waals surface area (Å²) in [6, 6.07) is 0.340. The number of nitrogens with zero attached hydrogens (tertiary/aromatic N) is 1. The van der Waals surface area contributed by atoms with Crippen molar-refractivity contribution in [1.82, 2.24) is 4.90 Å². The first-order valence-electron chi connectivity index (χ1n) is 5.29. The molecule has 1 atom stereocenters. The Hall–Kier alpha value is -0.340. The molecule has 0 aromatic rings. The Morgan fingerprint density at radius 2 is 2.15 bits per heavy atom. The van der Waals surface area contributed by atoms with Crippen molar-refractivity contribution in [2.75, 3.05) is 19.6 Å². The summed E-state index contributed by atoms with van der Waals surface area (Å²) in [5.74, 6) is 0. The molecule has 2 heteroatoms. The Morgan fingerprint density at radius 1 is 1.46 bits per heavy atom. The van der Waals surface area contributed by atoms with Gasteiger partial charge in [-0.25, -0.2) is 0 Å². The number of rotatable bonds is 8. The maximum atomic E-state index is 5.69. The van der Waals surface area contributed by atoms with Gasteiger partial charge in [-0.1, -0.05) is 13.0 Å². The molecule has 2 N–H and O–H groups in total. The van der Waals surface area contributed by atoms with E-state index in [1.165, 1.54) is 19.4 Å². The third-order valence-electron chi connectivity index (χ3n) is 2.06. The van der Waals surface area contributed by atoms with Crippen LogP contribution in [0.3, 0.4) is 0 Å². The normalized spacial score (nSPS) is 13.2. The van der Waals surface area contributed by atoms with Gasteiger partial charge in [0.15, 0.2) is 0 Å². The van der Waals surface area contributed by atoms with Gasteiger partial charge < -0.3 is 5.73 Å². The highest BCUT2D eigenvalue weighted by atomic mass is 15.1. The Labute approximate surface area is 82.8 Å². The first-order valence-corrected chi connectivity index (χ1v) is 5.29. The Balaban J connectivity index is 3.49. The Morgan fingerprint density at radius 3 is 2.62 bits per heavy atom. The number of hydrogen-bond acceptors (Lipinski definition) is 2. The molecule has 0 aliphatic rings. The van der Waals surface area contributed by atoms with Crippen LogP contribution in [0.5, 0.6) is 0 Å². The van der Waals surface area contributed by atoms with Gasteiger partial charge in [-0.3, -0.25) is 4.90 Å². The molecule has 0 aromatic heterocycles. The smallest absolute Gasteiger partial charge is 0.0160 e. The minimum Gasteiger partial charge on any atom is -0.328 e. The van der Waals surface area contributed by atoms with E-state index < -0.39 is 0 Å². The summed E-state index contributed by atoms with van der Waals surface area (Å²) in [4.78, 5) is 2.43. The summed E-state index contributed by atoms with van der Waals surface area (Å²) in [5, 5.41) is 0. The lowest BCUT2D eigenvalue weighted by molar-refractivity contribution is 0.293. The average molecular weight is 184 g/mol. The largest absolute Gasteiger partial charge is 0.328 e. The van der Waals surface area contributed by atoms with E-state index in [4.69, 9.17) is 5.73 Å². The van der Waals surface area contributed by atoms with Crippen molar-refractivity contribution >= 4 is 0 Å². The third-order valence-corrected chi connectivity index (χ3v) is 2.06. The van der Waals surface area contributed by atoms with Crippen molar-refractivity contribution in [2.24, 2.45) is 5.73 Å². The van der Waals surface area contributed by atoms with Crippen LogP contribution < -0.4 is 5.73 Å². The monoisotopic (exact) mass is 184 g/mol. The molecule has 78 valence electrons. The van der Waals surface area contributed by atoms with Gasteiger partial charge in [0, 0.05) is 12.6 Å². The van der Waals surface area contributed by atoms with Crippen LogP contribution in [0.2, 0.25) is 0 Å². The molecule has 0 spiro atoms. The highest BCUT2D eigenvalue weighted by Gasteiger charge is 2.01. The predicted molar refractivity (Wildman–Crippen MR) is 59.8 cm³/mol. The fourth-order valence-corrected chi connectivity index (χ4v) is 1.43. The van der Waals surface area contributed by atoms with Gasteiger partial charge in [0.1, 0.15) is 0 Å². The quantitative estimate of drug-likeness (QED) is 0.585. The third kappa shape index (κ3) is 8.00. The van der Waals surface area contributed by atoms with Crippen molar-refractivity contribution in [3.05, 3.63) is 12.7 Å². The first-order chi connectivity index (χ1) is 6.20. The molecule has 0 saturated carbocycles. The molecule has 1 unspecified atom stereocenters. The van der Waals surface area contributed by atoms with Crippen LogP contribution in [0.4, 0.5) is 0 Å². The van der Waals surface area contributed by atoms with Crippen LogP contribution in [-0.2, 0) is 0 Å². The number of nitrogens with two attached hydrogens (primary N) is 1. The zero-order valence-corrected chi connectivity index (χ0v) is 9.13. The van der Waals surface area contributed by atoms with E-state index in [1.807, 2.05) is 6.08 Å². The molecular formula is C11H24N2. The maximum Gasteiger partial charge on any atom is 0.0160 e. The average Bonchev–Trinajstić information content (AvgIpc) is 2.04. The molecule has 0 aliphatic heterocycles. The highest BCUT2D eigenvalue weighted by molar-refractivity contribution is 4.73. The molecule has 0 bridgehead atoms. The van der Waals surface area contributed by atoms with Gasteiger partial charge in [-0.05, 0) is 39.3 Å². The van der Waals surface area contributed by atoms with E-state index >= 15 is 0 Å². The van der Waals surface area contributed by atoms with E-state index in [2.05, 4.69) is 25.3 Å². The van der Waals surface area contributed by atoms with Gasteiger partial charge in [0.2, 0.25) is 0 Å². The minimum absolute atomic E-state index is 0.340. The van der Waals surface area contributed by atoms with Gasteiger partial charge in [-0.15, -0.1) is 6.58 Å². The Bertz CT molecular complexity index is 121. The minimum atomic E-state index is 0.340. The summed E-state index contributed by atoms with van der Waals surface area (Å²) >= 11 is 0. The molecule has 0 fully saturated rings. The van der Waals surface area contributed by atoms with E-state index in [0.29, 0.717) is 6.04 Å². The van der Waals surface area contributed by atoms with Crippen LogP contribution in [0, 0.1) is 0 Å². The highest BCUT2D eigenvalue weighted by Crippen LogP contribution is 1.99. The van der Waals surface area contributed by atoms with Crippen LogP contribution in [0.15, 0.2) is 12.7 Å². The molecule has 0 heterocycles. The molecule has 0 rings (SSSR count). The van der Waals surface area contributed by atoms with Crippen molar-refractivity contribution < 1.29 is 0 Å². The lowest BCUT2D eigenvalue weighted by Crippen LogP contribution is -2.27. The summed E-state index contributed by atoms with van der Waals surface area (Å²) in [6.07, 6.45) is 5.51. The maximum absolute atomic E-state index is 5.69. The van der Waals surface area contributed by atoms with Gasteiger partial charge in [-0.2, -0.15) is 0 Å². The number of hydrogen-bond donors (Lipinski definition) is 1. The van der Waals surface area contributed by atoms with Crippen molar-refractivity contribution in [2.45, 2.75) is 39.2 Å². The fourth-order valence-electron chi connectivity index (χ4n) is 1.43. The summed E-state index contributed by atoms with van der Waals surface area (Å²) in [7, 11) is 0. The standard InChI is InChI=1S/C11H24N2/c1-4-8-13(9-5-2)10-6-7-11(3)12/h4,11H,1,5-10,12H2,2-3H3. The summed E-state index contributed by atoms with van der Waals surface area (Å²) in [6.45, 7) is 11.4. The zero-order chi connectivity index (χ0) is 10.1. The van der Waals surface area contributed by atoms with Crippen LogP contribution in [-0.4, -0.2) is 30.6 Å². The second-order valence-electron chi connectivity index (χ2n) is 3.71. The fraction of sp³-hybridized carbons (Fsp3) is 0.818. The van der Waals surface area contributed by atoms with E-state index in [-0.39, 0.29) is 0 Å². The van der Waals surface area contributed by atoms with E-state index in [0.717, 1.165) is 19.5 Å². The summed E-state index contributed by atoms with van der Waals surface area (Å²) < 4.78 is 0. The second-order valence-corrected chi connectivity index (χ2v) is 3.71. The van der Waals surface area contributed by atoms with E-state index in [9.17, 15) is 0 Å². The first kappa shape index (κ1) is 12.7. The van der Waals surface area contributed by atoms with E-state index in [1.54, 1.807) is 0 Å². The van der Waals surface area contributed by atoms with Gasteiger partial charge in [0.05, 0.1) is 0 Å². The molecule has 0 aliphatic carbocycles. The second kappa shape index (κ2) is 8.27. The van der Waals surface area contributed by atoms with Crippen LogP contribution in [0.25, 0.3) is 0 Å². The van der Waals surface area contributed by atoms with Crippen molar-refractivity contribution in [1.29, 1.82) is 0 Å². The van der Waals surface area contributed by atoms with Crippen molar-refractivity contribution in [3.63, 3.8) is 0 Å². The molecule has 0 radical (unpaired) electrons. The van der Waals surface area contributed by atoms with Crippen LogP contribution >= 0.6 is 0 Å². The molecule has 0 aromatic carbocycles. The topological polar surface area (TPSA) is 29.3 Å². The molecule has 2 nitrogen and oxygen atoms in total. The van der Waals surface area contributed by atoms with Crippen LogP contribution in [0.1, 0.15) is 33.1 Å². The SMILES string of the molecule is C=CCN(CCC)CCCC(C)N. The Kier molecular flexibility index (Phi) is 8.05. The molecule has 0 amide bonds. The zero-order valence-electron chi connectivity index (χ0n) is 9.13. The summed E-state index contributed by atoms with van der Waals surface area (Å²) in [5.41, 5.74) is 5.69. The lowest BCUT2D eigenvalue weighted by atomic mass is 10.2. The molecular weight excluding hydrogens is 160 g/mol. The molecule has 0 saturated heterocycles. The van der Waals surface area contributed by atoms with Crippen molar-refractivity contribution in [3.8, 4) is 0 Å². The lowest BCUT2D eigenvalue weighted by Gasteiger charge is -2.19. The van der Waals surface area contributed by atoms with Gasteiger partial charge in [0.25, 0.3) is 0 Å². The molecule has 13 heavy (non-hydrogen) atoms.